The number of rotatable bonds is 7. The number of likely N-dealkylation sites (tertiary alicyclic amines) is 1. The maximum Gasteiger partial charge on any atom is 0.233 e. The minimum Gasteiger partial charge on any atom is -0.506 e. The molecule has 1 saturated heterocycles. The number of hydrogen-bond acceptors (Lipinski definition) is 6. The molecule has 0 aliphatic carbocycles. The number of methoxy groups -OCH3 is 1. The number of amides is 2. The van der Waals surface area contributed by atoms with E-state index in [1.54, 1.807) is 36.4 Å². The monoisotopic (exact) mass is 466 g/mol. The van der Waals surface area contributed by atoms with Crippen LogP contribution in [0.4, 0.5) is 5.69 Å². The van der Waals surface area contributed by atoms with Gasteiger partial charge < -0.3 is 20.1 Å². The summed E-state index contributed by atoms with van der Waals surface area (Å²) >= 11 is 1.39. The summed E-state index contributed by atoms with van der Waals surface area (Å²) in [6.07, 6.45) is 4.75. The number of phenols is 1. The minimum absolute atomic E-state index is 0.0276. The Morgan fingerprint density at radius 1 is 1.18 bits per heavy atom. The summed E-state index contributed by atoms with van der Waals surface area (Å²) in [5, 5.41) is 13.4. The number of aromatic nitrogens is 2. The third-order valence-corrected chi connectivity index (χ3v) is 6.59. The largest absolute Gasteiger partial charge is 0.506 e. The molecule has 172 valence electrons. The molecule has 0 saturated carbocycles. The highest BCUT2D eigenvalue weighted by atomic mass is 32.2. The SMILES string of the molecule is COc1cccc(-n2ccnc2SCC(=O)N2CCC(C(=O)Nc3ccccc3O)CC2)c1. The maximum atomic E-state index is 12.8. The number of nitrogens with one attached hydrogen (secondary N) is 1. The first-order valence-corrected chi connectivity index (χ1v) is 11.7. The summed E-state index contributed by atoms with van der Waals surface area (Å²) in [6.45, 7) is 1.06. The van der Waals surface area contributed by atoms with E-state index in [1.165, 1.54) is 17.8 Å². The van der Waals surface area contributed by atoms with Gasteiger partial charge >= 0.3 is 0 Å². The van der Waals surface area contributed by atoms with Crippen molar-refractivity contribution in [1.29, 1.82) is 0 Å². The first-order chi connectivity index (χ1) is 16.0. The second kappa shape index (κ2) is 10.4. The van der Waals surface area contributed by atoms with Crippen LogP contribution in [0.25, 0.3) is 5.69 Å². The number of aromatic hydroxyl groups is 1. The van der Waals surface area contributed by atoms with Gasteiger partial charge in [-0.05, 0) is 37.1 Å². The van der Waals surface area contributed by atoms with E-state index in [0.29, 0.717) is 31.6 Å². The molecule has 3 aromatic rings. The molecule has 33 heavy (non-hydrogen) atoms. The van der Waals surface area contributed by atoms with Crippen molar-refractivity contribution in [1.82, 2.24) is 14.5 Å². The molecule has 2 heterocycles. The van der Waals surface area contributed by atoms with Crippen molar-refractivity contribution in [3.05, 3.63) is 60.9 Å². The molecule has 0 atom stereocenters. The van der Waals surface area contributed by atoms with E-state index in [2.05, 4.69) is 10.3 Å². The third-order valence-electron chi connectivity index (χ3n) is 5.64. The molecule has 0 unspecified atom stereocenters. The summed E-state index contributed by atoms with van der Waals surface area (Å²) < 4.78 is 7.22. The number of piperidine rings is 1. The fourth-order valence-corrected chi connectivity index (χ4v) is 4.65. The predicted octanol–water partition coefficient (Wildman–Crippen LogP) is 3.56. The van der Waals surface area contributed by atoms with Gasteiger partial charge in [-0.2, -0.15) is 0 Å². The number of nitrogens with zero attached hydrogens (tertiary/aromatic N) is 3. The highest BCUT2D eigenvalue weighted by Crippen LogP contribution is 2.26. The van der Waals surface area contributed by atoms with E-state index in [-0.39, 0.29) is 29.2 Å². The highest BCUT2D eigenvalue weighted by Gasteiger charge is 2.28. The zero-order valence-electron chi connectivity index (χ0n) is 18.3. The van der Waals surface area contributed by atoms with Gasteiger partial charge in [0.2, 0.25) is 11.8 Å². The number of anilines is 1. The van der Waals surface area contributed by atoms with Gasteiger partial charge in [0.25, 0.3) is 0 Å². The molecule has 1 aliphatic heterocycles. The van der Waals surface area contributed by atoms with Crippen LogP contribution >= 0.6 is 11.8 Å². The summed E-state index contributed by atoms with van der Waals surface area (Å²) in [4.78, 5) is 31.5. The van der Waals surface area contributed by atoms with E-state index in [9.17, 15) is 14.7 Å². The molecular formula is C24H26N4O4S. The van der Waals surface area contributed by atoms with Gasteiger partial charge in [-0.15, -0.1) is 0 Å². The van der Waals surface area contributed by atoms with Crippen molar-refractivity contribution in [3.8, 4) is 17.2 Å². The van der Waals surface area contributed by atoms with Crippen molar-refractivity contribution in [2.75, 3.05) is 31.3 Å². The number of hydrogen-bond donors (Lipinski definition) is 2. The lowest BCUT2D eigenvalue weighted by atomic mass is 9.96. The first kappa shape index (κ1) is 22.7. The number of imidazole rings is 1. The van der Waals surface area contributed by atoms with Crippen LogP contribution in [0.2, 0.25) is 0 Å². The highest BCUT2D eigenvalue weighted by molar-refractivity contribution is 7.99. The average molecular weight is 467 g/mol. The third kappa shape index (κ3) is 5.48. The lowest BCUT2D eigenvalue weighted by Gasteiger charge is -2.31. The van der Waals surface area contributed by atoms with Crippen LogP contribution in [0.3, 0.4) is 0 Å². The van der Waals surface area contributed by atoms with Crippen molar-refractivity contribution in [2.45, 2.75) is 18.0 Å². The number of thioether (sulfide) groups is 1. The lowest BCUT2D eigenvalue weighted by Crippen LogP contribution is -2.42. The quantitative estimate of drug-likeness (QED) is 0.408. The number of benzene rings is 2. The number of carbonyl (C=O) groups excluding carboxylic acids is 2. The Kier molecular flexibility index (Phi) is 7.19. The van der Waals surface area contributed by atoms with E-state index in [0.717, 1.165) is 16.6 Å². The average Bonchev–Trinajstić information content (AvgIpc) is 3.33. The number of phenolic OH excluding ortho intramolecular Hbond substituents is 1. The molecule has 9 heteroatoms. The Balaban J connectivity index is 1.28. The molecule has 1 aromatic heterocycles. The topological polar surface area (TPSA) is 96.7 Å². The van der Waals surface area contributed by atoms with Crippen LogP contribution < -0.4 is 10.1 Å². The van der Waals surface area contributed by atoms with Crippen molar-refractivity contribution < 1.29 is 19.4 Å². The zero-order valence-corrected chi connectivity index (χ0v) is 19.1. The molecule has 1 aliphatic rings. The van der Waals surface area contributed by atoms with Gasteiger partial charge in [0.15, 0.2) is 5.16 Å². The molecule has 0 radical (unpaired) electrons. The summed E-state index contributed by atoms with van der Waals surface area (Å²) in [6, 6.07) is 14.3. The Labute approximate surface area is 196 Å². The molecule has 2 amide bonds. The van der Waals surface area contributed by atoms with Crippen molar-refractivity contribution in [3.63, 3.8) is 0 Å². The summed E-state index contributed by atoms with van der Waals surface area (Å²) in [7, 11) is 1.62. The van der Waals surface area contributed by atoms with Crippen LogP contribution in [0.15, 0.2) is 66.1 Å². The van der Waals surface area contributed by atoms with E-state index in [1.807, 2.05) is 35.0 Å². The molecule has 2 aromatic carbocycles. The smallest absolute Gasteiger partial charge is 0.233 e. The fraction of sp³-hybridized carbons (Fsp3) is 0.292. The molecule has 1 fully saturated rings. The maximum absolute atomic E-state index is 12.8. The van der Waals surface area contributed by atoms with Gasteiger partial charge in [0, 0.05) is 37.5 Å². The van der Waals surface area contributed by atoms with Gasteiger partial charge in [-0.25, -0.2) is 4.98 Å². The fourth-order valence-electron chi connectivity index (χ4n) is 3.78. The molecule has 8 nitrogen and oxygen atoms in total. The van der Waals surface area contributed by atoms with Crippen LogP contribution in [0.5, 0.6) is 11.5 Å². The van der Waals surface area contributed by atoms with Crippen LogP contribution in [-0.4, -0.2) is 57.3 Å². The van der Waals surface area contributed by atoms with E-state index < -0.39 is 0 Å². The van der Waals surface area contributed by atoms with Crippen LogP contribution in [-0.2, 0) is 9.59 Å². The second-order valence-corrected chi connectivity index (χ2v) is 8.67. The minimum atomic E-state index is -0.187. The van der Waals surface area contributed by atoms with Gasteiger partial charge in [0.1, 0.15) is 11.5 Å². The van der Waals surface area contributed by atoms with Gasteiger partial charge in [0.05, 0.1) is 24.2 Å². The van der Waals surface area contributed by atoms with Crippen LogP contribution in [0.1, 0.15) is 12.8 Å². The van der Waals surface area contributed by atoms with E-state index >= 15 is 0 Å². The second-order valence-electron chi connectivity index (χ2n) is 7.73. The van der Waals surface area contributed by atoms with Crippen molar-refractivity contribution >= 4 is 29.3 Å². The van der Waals surface area contributed by atoms with Crippen molar-refractivity contribution in [2.24, 2.45) is 5.92 Å². The Morgan fingerprint density at radius 2 is 1.97 bits per heavy atom. The van der Waals surface area contributed by atoms with E-state index in [4.69, 9.17) is 4.74 Å². The molecule has 0 spiro atoms. The lowest BCUT2D eigenvalue weighted by molar-refractivity contribution is -0.132. The Morgan fingerprint density at radius 3 is 2.73 bits per heavy atom. The number of carbonyl (C=O) groups is 2. The Hall–Kier alpha value is -3.46. The van der Waals surface area contributed by atoms with Gasteiger partial charge in [-0.3, -0.25) is 14.2 Å². The zero-order chi connectivity index (χ0) is 23.2. The number of para-hydroxylation sites is 2. The molecular weight excluding hydrogens is 440 g/mol. The van der Waals surface area contributed by atoms with Crippen LogP contribution in [0, 0.1) is 5.92 Å². The number of ether oxygens (including phenoxy) is 1. The van der Waals surface area contributed by atoms with Gasteiger partial charge in [-0.1, -0.05) is 30.0 Å². The normalized spacial score (nSPS) is 14.2. The summed E-state index contributed by atoms with van der Waals surface area (Å²) in [5.74, 6) is 0.784. The molecule has 0 bridgehead atoms. The summed E-state index contributed by atoms with van der Waals surface area (Å²) in [5.41, 5.74) is 1.32. The Bertz CT molecular complexity index is 1120. The predicted molar refractivity (Wildman–Crippen MR) is 127 cm³/mol. The molecule has 4 rings (SSSR count). The standard InChI is InChI=1S/C24H26N4O4S/c1-32-19-6-4-5-18(15-19)28-14-11-25-24(28)33-16-22(30)27-12-9-17(10-13-27)23(31)26-20-7-2-3-8-21(20)29/h2-8,11,14-15,17,29H,9-10,12-13,16H2,1H3,(H,26,31). The molecule has 2 N–H and O–H groups in total. The first-order valence-electron chi connectivity index (χ1n) is 10.7.